The zero-order chi connectivity index (χ0) is 10.2. The zero-order valence-electron chi connectivity index (χ0n) is 9.14. The van der Waals surface area contributed by atoms with Gasteiger partial charge < -0.3 is 10.6 Å². The molecule has 0 saturated heterocycles. The van der Waals surface area contributed by atoms with Crippen LogP contribution in [0, 0.1) is 5.92 Å². The standard InChI is InChI=1S/C11H22N2O/c1-2-3-8-12-11(14)13-9-10-6-4-5-7-10/h10H,2-9H2,1H3,(H2,12,13,14). The summed E-state index contributed by atoms with van der Waals surface area (Å²) >= 11 is 0. The molecule has 1 saturated carbocycles. The second-order valence-corrected chi connectivity index (χ2v) is 4.14. The van der Waals surface area contributed by atoms with E-state index in [1.54, 1.807) is 0 Å². The number of rotatable bonds is 5. The summed E-state index contributed by atoms with van der Waals surface area (Å²) in [6.07, 6.45) is 7.44. The molecule has 1 fully saturated rings. The molecule has 0 heterocycles. The van der Waals surface area contributed by atoms with E-state index in [2.05, 4.69) is 17.6 Å². The number of hydrogen-bond donors (Lipinski definition) is 2. The minimum Gasteiger partial charge on any atom is -0.338 e. The van der Waals surface area contributed by atoms with E-state index in [4.69, 9.17) is 0 Å². The lowest BCUT2D eigenvalue weighted by atomic mass is 10.1. The molecule has 1 aliphatic rings. The van der Waals surface area contributed by atoms with Crippen molar-refractivity contribution in [3.05, 3.63) is 0 Å². The van der Waals surface area contributed by atoms with E-state index in [0.29, 0.717) is 0 Å². The maximum atomic E-state index is 11.3. The Morgan fingerprint density at radius 2 is 2.00 bits per heavy atom. The smallest absolute Gasteiger partial charge is 0.314 e. The third-order valence-electron chi connectivity index (χ3n) is 2.84. The van der Waals surface area contributed by atoms with E-state index in [1.165, 1.54) is 25.7 Å². The van der Waals surface area contributed by atoms with E-state index < -0.39 is 0 Å². The van der Waals surface area contributed by atoms with Crippen molar-refractivity contribution >= 4 is 6.03 Å². The lowest BCUT2D eigenvalue weighted by Crippen LogP contribution is -2.38. The number of amides is 2. The Morgan fingerprint density at radius 3 is 2.64 bits per heavy atom. The normalized spacial score (nSPS) is 16.9. The summed E-state index contributed by atoms with van der Waals surface area (Å²) in [5.41, 5.74) is 0. The second kappa shape index (κ2) is 6.68. The number of carbonyl (C=O) groups is 1. The summed E-state index contributed by atoms with van der Waals surface area (Å²) in [5.74, 6) is 0.729. The van der Waals surface area contributed by atoms with Gasteiger partial charge in [0.2, 0.25) is 0 Å². The fraction of sp³-hybridized carbons (Fsp3) is 0.909. The predicted molar refractivity (Wildman–Crippen MR) is 58.3 cm³/mol. The van der Waals surface area contributed by atoms with E-state index >= 15 is 0 Å². The Balaban J connectivity index is 1.96. The zero-order valence-corrected chi connectivity index (χ0v) is 9.14. The molecule has 0 aromatic rings. The molecule has 0 atom stereocenters. The van der Waals surface area contributed by atoms with Crippen LogP contribution in [0.3, 0.4) is 0 Å². The van der Waals surface area contributed by atoms with Crippen LogP contribution in [-0.4, -0.2) is 19.1 Å². The van der Waals surface area contributed by atoms with Crippen LogP contribution >= 0.6 is 0 Å². The first-order chi connectivity index (χ1) is 6.83. The summed E-state index contributed by atoms with van der Waals surface area (Å²) in [6, 6.07) is 0.00495. The molecule has 0 aromatic carbocycles. The Morgan fingerprint density at radius 1 is 1.29 bits per heavy atom. The summed E-state index contributed by atoms with van der Waals surface area (Å²) in [5, 5.41) is 5.79. The number of hydrogen-bond acceptors (Lipinski definition) is 1. The summed E-state index contributed by atoms with van der Waals surface area (Å²) in [4.78, 5) is 11.3. The molecule has 0 spiro atoms. The first-order valence-corrected chi connectivity index (χ1v) is 5.84. The van der Waals surface area contributed by atoms with Crippen LogP contribution < -0.4 is 10.6 Å². The van der Waals surface area contributed by atoms with Crippen molar-refractivity contribution in [1.82, 2.24) is 10.6 Å². The maximum absolute atomic E-state index is 11.3. The molecular formula is C11H22N2O. The van der Waals surface area contributed by atoms with Crippen LogP contribution in [0.1, 0.15) is 45.4 Å². The van der Waals surface area contributed by atoms with Gasteiger partial charge in [-0.3, -0.25) is 0 Å². The first-order valence-electron chi connectivity index (χ1n) is 5.84. The van der Waals surface area contributed by atoms with Crippen LogP contribution in [0.15, 0.2) is 0 Å². The monoisotopic (exact) mass is 198 g/mol. The second-order valence-electron chi connectivity index (χ2n) is 4.14. The van der Waals surface area contributed by atoms with Gasteiger partial charge in [0.1, 0.15) is 0 Å². The number of urea groups is 1. The molecule has 0 radical (unpaired) electrons. The van der Waals surface area contributed by atoms with Crippen molar-refractivity contribution in [3.8, 4) is 0 Å². The van der Waals surface area contributed by atoms with Crippen molar-refractivity contribution in [3.63, 3.8) is 0 Å². The van der Waals surface area contributed by atoms with Crippen LogP contribution in [0.25, 0.3) is 0 Å². The van der Waals surface area contributed by atoms with Gasteiger partial charge in [0, 0.05) is 13.1 Å². The molecule has 0 aliphatic heterocycles. The van der Waals surface area contributed by atoms with E-state index in [0.717, 1.165) is 31.8 Å². The molecule has 1 aliphatic carbocycles. The van der Waals surface area contributed by atoms with E-state index in [9.17, 15) is 4.79 Å². The van der Waals surface area contributed by atoms with Gasteiger partial charge >= 0.3 is 6.03 Å². The quantitative estimate of drug-likeness (QED) is 0.654. The van der Waals surface area contributed by atoms with Gasteiger partial charge in [0.15, 0.2) is 0 Å². The number of carbonyl (C=O) groups excluding carboxylic acids is 1. The Kier molecular flexibility index (Phi) is 5.42. The third kappa shape index (κ3) is 4.49. The highest BCUT2D eigenvalue weighted by molar-refractivity contribution is 5.73. The van der Waals surface area contributed by atoms with Crippen LogP contribution in [0.2, 0.25) is 0 Å². The van der Waals surface area contributed by atoms with Crippen molar-refractivity contribution in [1.29, 1.82) is 0 Å². The number of unbranched alkanes of at least 4 members (excludes halogenated alkanes) is 1. The summed E-state index contributed by atoms with van der Waals surface area (Å²) in [7, 11) is 0. The van der Waals surface area contributed by atoms with Crippen molar-refractivity contribution < 1.29 is 4.79 Å². The summed E-state index contributed by atoms with van der Waals surface area (Å²) < 4.78 is 0. The summed E-state index contributed by atoms with van der Waals surface area (Å²) in [6.45, 7) is 3.78. The van der Waals surface area contributed by atoms with Crippen molar-refractivity contribution in [2.24, 2.45) is 5.92 Å². The minimum atomic E-state index is 0.00495. The lowest BCUT2D eigenvalue weighted by Gasteiger charge is -2.11. The van der Waals surface area contributed by atoms with E-state index in [-0.39, 0.29) is 6.03 Å². The van der Waals surface area contributed by atoms with Crippen LogP contribution in [0.4, 0.5) is 4.79 Å². The maximum Gasteiger partial charge on any atom is 0.314 e. The predicted octanol–water partition coefficient (Wildman–Crippen LogP) is 2.28. The minimum absolute atomic E-state index is 0.00495. The molecule has 3 heteroatoms. The first kappa shape index (κ1) is 11.3. The van der Waals surface area contributed by atoms with Gasteiger partial charge in [-0.2, -0.15) is 0 Å². The largest absolute Gasteiger partial charge is 0.338 e. The fourth-order valence-electron chi connectivity index (χ4n) is 1.89. The highest BCUT2D eigenvalue weighted by Gasteiger charge is 2.15. The van der Waals surface area contributed by atoms with Gasteiger partial charge in [-0.1, -0.05) is 26.2 Å². The van der Waals surface area contributed by atoms with Crippen LogP contribution in [0.5, 0.6) is 0 Å². The van der Waals surface area contributed by atoms with Gasteiger partial charge in [0.25, 0.3) is 0 Å². The van der Waals surface area contributed by atoms with Crippen molar-refractivity contribution in [2.75, 3.05) is 13.1 Å². The highest BCUT2D eigenvalue weighted by Crippen LogP contribution is 2.23. The number of nitrogens with one attached hydrogen (secondary N) is 2. The third-order valence-corrected chi connectivity index (χ3v) is 2.84. The molecule has 14 heavy (non-hydrogen) atoms. The van der Waals surface area contributed by atoms with Gasteiger partial charge in [-0.25, -0.2) is 4.79 Å². The molecule has 0 unspecified atom stereocenters. The average molecular weight is 198 g/mol. The average Bonchev–Trinajstić information content (AvgIpc) is 2.68. The van der Waals surface area contributed by atoms with Gasteiger partial charge in [-0.15, -0.1) is 0 Å². The fourth-order valence-corrected chi connectivity index (χ4v) is 1.89. The van der Waals surface area contributed by atoms with Gasteiger partial charge in [-0.05, 0) is 25.2 Å². The molecular weight excluding hydrogens is 176 g/mol. The molecule has 2 N–H and O–H groups in total. The Bertz CT molecular complexity index is 165. The molecule has 0 aromatic heterocycles. The van der Waals surface area contributed by atoms with E-state index in [1.807, 2.05) is 0 Å². The Hall–Kier alpha value is -0.730. The van der Waals surface area contributed by atoms with Crippen LogP contribution in [-0.2, 0) is 0 Å². The molecule has 0 bridgehead atoms. The highest BCUT2D eigenvalue weighted by atomic mass is 16.2. The Labute approximate surface area is 86.6 Å². The topological polar surface area (TPSA) is 41.1 Å². The molecule has 3 nitrogen and oxygen atoms in total. The van der Waals surface area contributed by atoms with Gasteiger partial charge in [0.05, 0.1) is 0 Å². The molecule has 82 valence electrons. The lowest BCUT2D eigenvalue weighted by molar-refractivity contribution is 0.239. The molecule has 2 amide bonds. The van der Waals surface area contributed by atoms with Crippen molar-refractivity contribution in [2.45, 2.75) is 45.4 Å². The molecule has 1 rings (SSSR count). The SMILES string of the molecule is CCCCNC(=O)NCC1CCCC1.